The third-order valence-corrected chi connectivity index (χ3v) is 2.79. The van der Waals surface area contributed by atoms with E-state index in [1.54, 1.807) is 42.9 Å². The zero-order chi connectivity index (χ0) is 17.6. The number of aryl methyl sites for hydroxylation is 5. The number of aromatic nitrogens is 2. The SMILES string of the molecule is [2H]C([2H])([2H])c1ccc(-c2c(C)cc(C([2H])([2H])[2H])nc2C)[n+](C)c1. The van der Waals surface area contributed by atoms with Gasteiger partial charge in [-0.15, -0.1) is 0 Å². The molecule has 0 radical (unpaired) electrons. The van der Waals surface area contributed by atoms with Crippen molar-refractivity contribution in [2.75, 3.05) is 0 Å². The second kappa shape index (κ2) is 4.28. The Balaban J connectivity index is 2.60. The van der Waals surface area contributed by atoms with E-state index in [1.165, 1.54) is 0 Å². The molecule has 0 unspecified atom stereocenters. The molecule has 0 aliphatic heterocycles. The first-order chi connectivity index (χ1) is 10.4. The van der Waals surface area contributed by atoms with Crippen molar-refractivity contribution >= 4 is 0 Å². The van der Waals surface area contributed by atoms with Gasteiger partial charge in [-0.1, -0.05) is 0 Å². The Morgan fingerprint density at radius 1 is 1.24 bits per heavy atom. The maximum absolute atomic E-state index is 7.48. The molecule has 0 N–H and O–H groups in total. The minimum atomic E-state index is -2.25. The van der Waals surface area contributed by atoms with E-state index in [-0.39, 0.29) is 11.3 Å². The molecule has 0 bridgehead atoms. The first-order valence-corrected chi connectivity index (χ1v) is 5.40. The Bertz CT molecular complexity index is 724. The molecule has 2 aromatic heterocycles. The van der Waals surface area contributed by atoms with Crippen LogP contribution in [0.4, 0.5) is 0 Å². The van der Waals surface area contributed by atoms with E-state index in [2.05, 4.69) is 4.98 Å². The number of pyridine rings is 2. The van der Waals surface area contributed by atoms with Crippen molar-refractivity contribution in [1.82, 2.24) is 4.98 Å². The highest BCUT2D eigenvalue weighted by molar-refractivity contribution is 5.63. The summed E-state index contributed by atoms with van der Waals surface area (Å²) in [5.74, 6) is 0. The molecule has 2 heteroatoms. The molecule has 0 atom stereocenters. The Labute approximate surface area is 111 Å². The summed E-state index contributed by atoms with van der Waals surface area (Å²) in [7, 11) is 1.77. The molecule has 2 rings (SSSR count). The summed E-state index contributed by atoms with van der Waals surface area (Å²) in [5.41, 5.74) is 3.33. The third kappa shape index (κ3) is 2.21. The van der Waals surface area contributed by atoms with Crippen LogP contribution in [0.2, 0.25) is 0 Å². The monoisotopic (exact) mass is 233 g/mol. The topological polar surface area (TPSA) is 16.8 Å². The fourth-order valence-corrected chi connectivity index (χ4v) is 2.09. The predicted molar refractivity (Wildman–Crippen MR) is 69.8 cm³/mol. The van der Waals surface area contributed by atoms with Crippen LogP contribution in [0.15, 0.2) is 24.4 Å². The van der Waals surface area contributed by atoms with Crippen molar-refractivity contribution in [1.29, 1.82) is 0 Å². The van der Waals surface area contributed by atoms with Crippen LogP contribution < -0.4 is 4.57 Å². The van der Waals surface area contributed by atoms with Crippen molar-refractivity contribution in [2.24, 2.45) is 7.05 Å². The smallest absolute Gasteiger partial charge is 0.214 e. The highest BCUT2D eigenvalue weighted by atomic mass is 14.9. The van der Waals surface area contributed by atoms with Crippen molar-refractivity contribution in [3.8, 4) is 11.3 Å². The molecule has 0 saturated carbocycles. The van der Waals surface area contributed by atoms with E-state index in [0.29, 0.717) is 5.69 Å². The third-order valence-electron chi connectivity index (χ3n) is 2.79. The van der Waals surface area contributed by atoms with Crippen molar-refractivity contribution in [3.63, 3.8) is 0 Å². The molecule has 0 aliphatic rings. The van der Waals surface area contributed by atoms with Gasteiger partial charge in [-0.2, -0.15) is 0 Å². The van der Waals surface area contributed by atoms with E-state index < -0.39 is 13.7 Å². The summed E-state index contributed by atoms with van der Waals surface area (Å²) in [6.45, 7) is -0.822. The summed E-state index contributed by atoms with van der Waals surface area (Å²) in [5, 5.41) is 0. The van der Waals surface area contributed by atoms with Gasteiger partial charge >= 0.3 is 0 Å². The van der Waals surface area contributed by atoms with E-state index in [0.717, 1.165) is 16.8 Å². The second-order valence-corrected chi connectivity index (χ2v) is 4.20. The molecule has 0 amide bonds. The average molecular weight is 233 g/mol. The minimum Gasteiger partial charge on any atom is -0.258 e. The highest BCUT2D eigenvalue weighted by Crippen LogP contribution is 2.23. The first-order valence-electron chi connectivity index (χ1n) is 8.40. The van der Waals surface area contributed by atoms with Gasteiger partial charge in [-0.05, 0) is 45.2 Å². The van der Waals surface area contributed by atoms with E-state index in [4.69, 9.17) is 8.22 Å². The van der Waals surface area contributed by atoms with Crippen molar-refractivity contribution in [3.05, 3.63) is 46.9 Å². The summed E-state index contributed by atoms with van der Waals surface area (Å²) >= 11 is 0. The molecule has 17 heavy (non-hydrogen) atoms. The lowest BCUT2D eigenvalue weighted by Gasteiger charge is -2.09. The number of rotatable bonds is 1. The molecule has 0 aliphatic carbocycles. The average Bonchev–Trinajstić information content (AvgIpc) is 2.37. The van der Waals surface area contributed by atoms with Gasteiger partial charge in [0.1, 0.15) is 7.05 Å². The Hall–Kier alpha value is -1.70. The molecular weight excluding hydrogens is 208 g/mol. The Morgan fingerprint density at radius 3 is 2.65 bits per heavy atom. The quantitative estimate of drug-likeness (QED) is 0.692. The zero-order valence-electron chi connectivity index (χ0n) is 16.2. The lowest BCUT2D eigenvalue weighted by Crippen LogP contribution is -2.31. The van der Waals surface area contributed by atoms with Gasteiger partial charge < -0.3 is 0 Å². The lowest BCUT2D eigenvalue weighted by atomic mass is 10.0. The normalized spacial score (nSPS) is 17.4. The Morgan fingerprint density at radius 2 is 2.06 bits per heavy atom. The van der Waals surface area contributed by atoms with Gasteiger partial charge in [0.2, 0.25) is 5.69 Å². The van der Waals surface area contributed by atoms with Gasteiger partial charge in [0, 0.05) is 25.5 Å². The standard InChI is InChI=1S/C15H19N2/c1-10-6-7-14(17(5)9-10)15-11(2)8-12(3)16-13(15)4/h6-9H,1-5H3/q+1/i1D3,3D3. The summed E-state index contributed by atoms with van der Waals surface area (Å²) in [6.07, 6.45) is 1.57. The fraction of sp³-hybridized carbons (Fsp3) is 0.333. The zero-order valence-corrected chi connectivity index (χ0v) is 10.2. The highest BCUT2D eigenvalue weighted by Gasteiger charge is 2.16. The molecule has 0 spiro atoms. The summed E-state index contributed by atoms with van der Waals surface area (Å²) in [4.78, 5) is 4.21. The van der Waals surface area contributed by atoms with Crippen LogP contribution in [0.1, 0.15) is 30.7 Å². The van der Waals surface area contributed by atoms with Crippen LogP contribution >= 0.6 is 0 Å². The van der Waals surface area contributed by atoms with Crippen molar-refractivity contribution < 1.29 is 12.8 Å². The maximum atomic E-state index is 7.48. The van der Waals surface area contributed by atoms with Gasteiger partial charge in [0.05, 0.1) is 11.3 Å². The number of hydrogen-bond donors (Lipinski definition) is 0. The van der Waals surface area contributed by atoms with Gasteiger partial charge in [0.15, 0.2) is 6.20 Å². The number of nitrogens with zero attached hydrogens (tertiary/aromatic N) is 2. The molecule has 0 fully saturated rings. The largest absolute Gasteiger partial charge is 0.258 e. The van der Waals surface area contributed by atoms with Crippen LogP contribution in [-0.2, 0) is 7.05 Å². The van der Waals surface area contributed by atoms with E-state index >= 15 is 0 Å². The summed E-state index contributed by atoms with van der Waals surface area (Å²) in [6, 6.07) is 4.86. The van der Waals surface area contributed by atoms with Gasteiger partial charge in [-0.3, -0.25) is 4.98 Å². The molecule has 2 aromatic rings. The van der Waals surface area contributed by atoms with E-state index in [1.807, 2.05) is 6.92 Å². The van der Waals surface area contributed by atoms with Crippen LogP contribution in [0.3, 0.4) is 0 Å². The van der Waals surface area contributed by atoms with Gasteiger partial charge in [-0.25, -0.2) is 4.57 Å². The van der Waals surface area contributed by atoms with Crippen LogP contribution in [-0.4, -0.2) is 4.98 Å². The van der Waals surface area contributed by atoms with Crippen LogP contribution in [0, 0.1) is 27.6 Å². The molecule has 0 saturated heterocycles. The maximum Gasteiger partial charge on any atom is 0.214 e. The predicted octanol–water partition coefficient (Wildman–Crippen LogP) is 2.81. The van der Waals surface area contributed by atoms with Crippen LogP contribution in [0.25, 0.3) is 11.3 Å². The molecule has 0 aromatic carbocycles. The fourth-order valence-electron chi connectivity index (χ4n) is 2.09. The van der Waals surface area contributed by atoms with E-state index in [9.17, 15) is 0 Å². The minimum absolute atomic E-state index is 0.0676. The lowest BCUT2D eigenvalue weighted by molar-refractivity contribution is -0.660. The molecule has 2 nitrogen and oxygen atoms in total. The van der Waals surface area contributed by atoms with Crippen LogP contribution in [0.5, 0.6) is 0 Å². The first kappa shape index (κ1) is 6.29. The molecular formula is C15H19N2+. The Kier molecular flexibility index (Phi) is 1.59. The van der Waals surface area contributed by atoms with Crippen molar-refractivity contribution in [2.45, 2.75) is 27.6 Å². The molecule has 88 valence electrons. The van der Waals surface area contributed by atoms with Gasteiger partial charge in [0.25, 0.3) is 0 Å². The summed E-state index contributed by atoms with van der Waals surface area (Å²) < 4.78 is 46.6. The second-order valence-electron chi connectivity index (χ2n) is 4.20. The molecule has 2 heterocycles. The number of hydrogen-bond acceptors (Lipinski definition) is 1.